The molecule has 2 heterocycles. The molecule has 0 bridgehead atoms. The van der Waals surface area contributed by atoms with E-state index in [-0.39, 0.29) is 0 Å². The Kier molecular flexibility index (Phi) is 4.93. The van der Waals surface area contributed by atoms with Crippen LogP contribution in [0.2, 0.25) is 0 Å². The minimum absolute atomic E-state index is 0.707. The van der Waals surface area contributed by atoms with Gasteiger partial charge in [-0.3, -0.25) is 4.90 Å². The molecule has 0 atom stereocenters. The molecule has 0 aliphatic carbocycles. The third-order valence-corrected chi connectivity index (χ3v) is 3.88. The average Bonchev–Trinajstić information content (AvgIpc) is 2.80. The maximum Gasteiger partial charge on any atom is 0.213 e. The van der Waals surface area contributed by atoms with Crippen molar-refractivity contribution < 1.29 is 4.74 Å². The summed E-state index contributed by atoms with van der Waals surface area (Å²) in [5.41, 5.74) is 0. The minimum Gasteiger partial charge on any atom is -0.478 e. The van der Waals surface area contributed by atoms with Crippen LogP contribution in [0, 0.1) is 0 Å². The predicted molar refractivity (Wildman–Crippen MR) is 70.9 cm³/mol. The Morgan fingerprint density at radius 1 is 1.50 bits per heavy atom. The molecule has 0 aromatic carbocycles. The van der Waals surface area contributed by atoms with Crippen LogP contribution in [0.1, 0.15) is 6.42 Å². The van der Waals surface area contributed by atoms with Gasteiger partial charge in [-0.25, -0.2) is 4.98 Å². The fourth-order valence-electron chi connectivity index (χ4n) is 1.54. The summed E-state index contributed by atoms with van der Waals surface area (Å²) in [6, 6.07) is 3.83. The molecule has 1 aliphatic rings. The van der Waals surface area contributed by atoms with Crippen LogP contribution in [0.5, 0.6) is 5.88 Å². The normalized spacial score (nSPS) is 16.6. The van der Waals surface area contributed by atoms with Gasteiger partial charge < -0.3 is 4.74 Å². The summed E-state index contributed by atoms with van der Waals surface area (Å²) in [6.07, 6.45) is 2.82. The summed E-state index contributed by atoms with van der Waals surface area (Å²) >= 11 is 5.35. The minimum atomic E-state index is 0.707. The third kappa shape index (κ3) is 3.96. The second-order valence-corrected chi connectivity index (χ2v) is 5.66. The van der Waals surface area contributed by atoms with Gasteiger partial charge in [-0.1, -0.05) is 0 Å². The fourth-order valence-corrected chi connectivity index (χ4v) is 2.81. The maximum atomic E-state index is 5.56. The van der Waals surface area contributed by atoms with E-state index in [0.29, 0.717) is 5.88 Å². The summed E-state index contributed by atoms with van der Waals surface area (Å²) < 4.78 is 6.54. The summed E-state index contributed by atoms with van der Waals surface area (Å²) in [5, 5.41) is 0. The van der Waals surface area contributed by atoms with Crippen LogP contribution in [0.3, 0.4) is 0 Å². The number of aromatic nitrogens is 1. The van der Waals surface area contributed by atoms with Gasteiger partial charge in [-0.2, -0.15) is 0 Å². The molecule has 0 amide bonds. The van der Waals surface area contributed by atoms with Crippen LogP contribution >= 0.6 is 27.7 Å². The van der Waals surface area contributed by atoms with E-state index in [1.165, 1.54) is 18.2 Å². The van der Waals surface area contributed by atoms with Crippen LogP contribution in [0.25, 0.3) is 0 Å². The molecule has 1 saturated heterocycles. The van der Waals surface area contributed by atoms with Crippen molar-refractivity contribution in [3.63, 3.8) is 0 Å². The van der Waals surface area contributed by atoms with Crippen molar-refractivity contribution >= 4 is 27.7 Å². The molecule has 1 aromatic rings. The van der Waals surface area contributed by atoms with Crippen LogP contribution in [-0.2, 0) is 0 Å². The van der Waals surface area contributed by atoms with E-state index in [9.17, 15) is 0 Å². The summed E-state index contributed by atoms with van der Waals surface area (Å²) in [7, 11) is 0. The number of thioether (sulfide) groups is 1. The number of hydrogen-bond donors (Lipinski definition) is 0. The molecule has 1 aliphatic heterocycles. The van der Waals surface area contributed by atoms with Gasteiger partial charge in [0, 0.05) is 41.5 Å². The Morgan fingerprint density at radius 3 is 3.12 bits per heavy atom. The molecule has 0 saturated carbocycles. The topological polar surface area (TPSA) is 25.4 Å². The Morgan fingerprint density at radius 2 is 2.44 bits per heavy atom. The molecule has 5 heteroatoms. The number of hydrogen-bond acceptors (Lipinski definition) is 4. The van der Waals surface area contributed by atoms with E-state index in [2.05, 4.69) is 25.8 Å². The Hall–Kier alpha value is -0.260. The molecule has 2 rings (SSSR count). The van der Waals surface area contributed by atoms with Gasteiger partial charge in [0.05, 0.1) is 6.61 Å². The van der Waals surface area contributed by atoms with Crippen LogP contribution in [0.15, 0.2) is 22.8 Å². The number of nitrogens with zero attached hydrogens (tertiary/aromatic N) is 2. The van der Waals surface area contributed by atoms with Crippen LogP contribution in [0.4, 0.5) is 0 Å². The first-order chi connectivity index (χ1) is 7.84. The maximum absolute atomic E-state index is 5.56. The lowest BCUT2D eigenvalue weighted by atomic mass is 10.4. The highest BCUT2D eigenvalue weighted by molar-refractivity contribution is 9.10. The Balaban J connectivity index is 1.62. The van der Waals surface area contributed by atoms with Gasteiger partial charge >= 0.3 is 0 Å². The van der Waals surface area contributed by atoms with Crippen molar-refractivity contribution in [3.05, 3.63) is 22.8 Å². The van der Waals surface area contributed by atoms with Crippen molar-refractivity contribution in [1.82, 2.24) is 9.88 Å². The lowest BCUT2D eigenvalue weighted by molar-refractivity contribution is 0.262. The monoisotopic (exact) mass is 302 g/mol. The molecule has 1 aromatic heterocycles. The number of rotatable bonds is 5. The quantitative estimate of drug-likeness (QED) is 0.781. The molecule has 0 spiro atoms. The van der Waals surface area contributed by atoms with E-state index in [4.69, 9.17) is 4.74 Å². The Bertz CT molecular complexity index is 314. The van der Waals surface area contributed by atoms with Crippen molar-refractivity contribution in [2.24, 2.45) is 0 Å². The second kappa shape index (κ2) is 6.47. The highest BCUT2D eigenvalue weighted by Crippen LogP contribution is 2.14. The van der Waals surface area contributed by atoms with Crippen LogP contribution < -0.4 is 4.74 Å². The standard InChI is InChI=1S/C11H15BrN2OS/c12-10-2-3-11(13-8-10)15-6-1-4-14-5-7-16-9-14/h2-3,8H,1,4-7,9H2. The van der Waals surface area contributed by atoms with Gasteiger partial charge in [-0.05, 0) is 28.4 Å². The first-order valence-corrected chi connectivity index (χ1v) is 7.34. The second-order valence-electron chi connectivity index (χ2n) is 3.67. The van der Waals surface area contributed by atoms with Crippen molar-refractivity contribution in [3.8, 4) is 5.88 Å². The van der Waals surface area contributed by atoms with E-state index < -0.39 is 0 Å². The molecule has 3 nitrogen and oxygen atoms in total. The number of pyridine rings is 1. The molecule has 16 heavy (non-hydrogen) atoms. The third-order valence-electron chi connectivity index (χ3n) is 2.39. The van der Waals surface area contributed by atoms with Gasteiger partial charge in [0.1, 0.15) is 0 Å². The number of halogens is 1. The molecule has 0 radical (unpaired) electrons. The van der Waals surface area contributed by atoms with Gasteiger partial charge in [-0.15, -0.1) is 11.8 Å². The Labute approximate surface area is 109 Å². The van der Waals surface area contributed by atoms with Gasteiger partial charge in [0.15, 0.2) is 0 Å². The van der Waals surface area contributed by atoms with Crippen LogP contribution in [-0.4, -0.2) is 41.2 Å². The van der Waals surface area contributed by atoms with E-state index in [1.54, 1.807) is 6.20 Å². The first-order valence-electron chi connectivity index (χ1n) is 5.39. The number of ether oxygens (including phenoxy) is 1. The fraction of sp³-hybridized carbons (Fsp3) is 0.545. The average molecular weight is 303 g/mol. The predicted octanol–water partition coefficient (Wildman–Crippen LogP) is 2.62. The van der Waals surface area contributed by atoms with Gasteiger partial charge in [0.25, 0.3) is 0 Å². The van der Waals surface area contributed by atoms with Crippen molar-refractivity contribution in [2.75, 3.05) is 31.3 Å². The zero-order valence-corrected chi connectivity index (χ0v) is 11.5. The summed E-state index contributed by atoms with van der Waals surface area (Å²) in [6.45, 7) is 3.10. The van der Waals surface area contributed by atoms with Gasteiger partial charge in [0.2, 0.25) is 5.88 Å². The van der Waals surface area contributed by atoms with Crippen molar-refractivity contribution in [1.29, 1.82) is 0 Å². The molecule has 0 N–H and O–H groups in total. The largest absolute Gasteiger partial charge is 0.478 e. The molecular formula is C11H15BrN2OS. The molecule has 88 valence electrons. The first kappa shape index (κ1) is 12.2. The zero-order valence-electron chi connectivity index (χ0n) is 9.06. The highest BCUT2D eigenvalue weighted by atomic mass is 79.9. The lowest BCUT2D eigenvalue weighted by Crippen LogP contribution is -2.22. The smallest absolute Gasteiger partial charge is 0.213 e. The summed E-state index contributed by atoms with van der Waals surface area (Å²) in [5.74, 6) is 3.16. The van der Waals surface area contributed by atoms with E-state index >= 15 is 0 Å². The molecular weight excluding hydrogens is 288 g/mol. The highest BCUT2D eigenvalue weighted by Gasteiger charge is 2.10. The molecule has 1 fully saturated rings. The van der Waals surface area contributed by atoms with E-state index in [0.717, 1.165) is 24.0 Å². The molecule has 0 unspecified atom stereocenters. The zero-order chi connectivity index (χ0) is 11.2. The SMILES string of the molecule is Brc1ccc(OCCCN2CCSC2)nc1. The van der Waals surface area contributed by atoms with E-state index in [1.807, 2.05) is 23.9 Å². The van der Waals surface area contributed by atoms with Crippen molar-refractivity contribution in [2.45, 2.75) is 6.42 Å². The lowest BCUT2D eigenvalue weighted by Gasteiger charge is -2.13. The summed E-state index contributed by atoms with van der Waals surface area (Å²) in [4.78, 5) is 6.62.